The summed E-state index contributed by atoms with van der Waals surface area (Å²) in [4.78, 5) is 2.42. The lowest BCUT2D eigenvalue weighted by Crippen LogP contribution is -2.16. The SMILES string of the molecule is CC1(C)c2cc(-c3ccccc3)ccc2-c2ccc(N(c3ccc(-c4ccc(-c5ccccc5)c(-c5ccccc5)c4)cc3)c3ccc(-c4cccc5c4ccc4ccccc45)cc3)cc21. The zero-order valence-corrected chi connectivity index (χ0v) is 37.1. The van der Waals surface area contributed by atoms with E-state index < -0.39 is 0 Å². The molecule has 312 valence electrons. The van der Waals surface area contributed by atoms with Gasteiger partial charge >= 0.3 is 0 Å². The fourth-order valence-electron chi connectivity index (χ4n) is 10.5. The van der Waals surface area contributed by atoms with Crippen molar-refractivity contribution in [2.45, 2.75) is 19.3 Å². The van der Waals surface area contributed by atoms with Gasteiger partial charge in [0.1, 0.15) is 0 Å². The van der Waals surface area contributed by atoms with Crippen LogP contribution in [0.1, 0.15) is 25.0 Å². The first-order chi connectivity index (χ1) is 32.5. The van der Waals surface area contributed by atoms with Crippen LogP contribution in [0.2, 0.25) is 0 Å². The van der Waals surface area contributed by atoms with Gasteiger partial charge in [0.2, 0.25) is 0 Å². The summed E-state index contributed by atoms with van der Waals surface area (Å²) in [6.07, 6.45) is 0. The molecule has 0 aliphatic heterocycles. The van der Waals surface area contributed by atoms with E-state index in [9.17, 15) is 0 Å². The molecule has 12 rings (SSSR count). The predicted molar refractivity (Wildman–Crippen MR) is 281 cm³/mol. The Kier molecular flexibility index (Phi) is 9.58. The molecule has 11 aromatic carbocycles. The molecule has 1 nitrogen and oxygen atoms in total. The molecule has 0 N–H and O–H groups in total. The molecular weight excluding hydrogens is 795 g/mol. The molecule has 0 unspecified atom stereocenters. The third-order valence-corrected chi connectivity index (χ3v) is 13.9. The molecule has 0 aromatic heterocycles. The van der Waals surface area contributed by atoms with Gasteiger partial charge in [-0.05, 0) is 148 Å². The highest BCUT2D eigenvalue weighted by atomic mass is 15.1. The number of fused-ring (bicyclic) bond motifs is 6. The molecular formula is C65H47N. The first-order valence-electron chi connectivity index (χ1n) is 23.0. The third kappa shape index (κ3) is 6.80. The average Bonchev–Trinajstić information content (AvgIpc) is 3.61. The highest BCUT2D eigenvalue weighted by molar-refractivity contribution is 6.12. The largest absolute Gasteiger partial charge is 0.310 e. The standard InChI is InChI=1S/C65H47N/c1-65(2)63-42-51(44-15-6-3-7-16-44)31-39-60(63)61-40-36-54(43-64(61)65)66(53-34-27-49(28-35-53)56-23-14-24-58-55-22-13-12-21-48(55)29-38-59(56)58)52-32-25-45(26-33-52)50-30-37-57(46-17-8-4-9-18-46)62(41-50)47-19-10-5-11-20-47/h3-43H,1-2H3. The first-order valence-corrected chi connectivity index (χ1v) is 23.0. The second-order valence-corrected chi connectivity index (χ2v) is 18.1. The average molecular weight is 842 g/mol. The van der Waals surface area contributed by atoms with Crippen molar-refractivity contribution in [3.63, 3.8) is 0 Å². The van der Waals surface area contributed by atoms with Crippen molar-refractivity contribution < 1.29 is 0 Å². The van der Waals surface area contributed by atoms with E-state index in [0.717, 1.165) is 17.1 Å². The molecule has 1 heteroatoms. The monoisotopic (exact) mass is 841 g/mol. The minimum atomic E-state index is -0.189. The van der Waals surface area contributed by atoms with Crippen LogP contribution in [-0.2, 0) is 5.41 Å². The number of rotatable bonds is 8. The molecule has 0 heterocycles. The van der Waals surface area contributed by atoms with E-state index in [0.29, 0.717) is 0 Å². The van der Waals surface area contributed by atoms with Crippen LogP contribution in [0, 0.1) is 0 Å². The van der Waals surface area contributed by atoms with Crippen molar-refractivity contribution in [1.82, 2.24) is 0 Å². The highest BCUT2D eigenvalue weighted by Gasteiger charge is 2.36. The molecule has 66 heavy (non-hydrogen) atoms. The Bertz CT molecular complexity index is 3570. The Labute approximate surface area is 387 Å². The van der Waals surface area contributed by atoms with Crippen molar-refractivity contribution in [3.05, 3.63) is 260 Å². The predicted octanol–water partition coefficient (Wildman–Crippen LogP) is 18.1. The van der Waals surface area contributed by atoms with Crippen LogP contribution in [0.4, 0.5) is 17.1 Å². The van der Waals surface area contributed by atoms with E-state index in [-0.39, 0.29) is 5.41 Å². The van der Waals surface area contributed by atoms with Gasteiger partial charge in [-0.2, -0.15) is 0 Å². The fraction of sp³-hybridized carbons (Fsp3) is 0.0462. The quantitative estimate of drug-likeness (QED) is 0.138. The van der Waals surface area contributed by atoms with Crippen LogP contribution in [0.3, 0.4) is 0 Å². The number of hydrogen-bond donors (Lipinski definition) is 0. The first kappa shape index (κ1) is 39.3. The van der Waals surface area contributed by atoms with E-state index in [4.69, 9.17) is 0 Å². The lowest BCUT2D eigenvalue weighted by Gasteiger charge is -2.28. The summed E-state index contributed by atoms with van der Waals surface area (Å²) >= 11 is 0. The second kappa shape index (κ2) is 16.1. The topological polar surface area (TPSA) is 3.24 Å². The Hall–Kier alpha value is -8.26. The maximum atomic E-state index is 2.43. The van der Waals surface area contributed by atoms with Crippen LogP contribution in [0.15, 0.2) is 249 Å². The van der Waals surface area contributed by atoms with Gasteiger partial charge in [0.15, 0.2) is 0 Å². The molecule has 1 aliphatic carbocycles. The maximum Gasteiger partial charge on any atom is 0.0465 e. The maximum absolute atomic E-state index is 2.43. The Morgan fingerprint density at radius 2 is 0.727 bits per heavy atom. The summed E-state index contributed by atoms with van der Waals surface area (Å²) in [7, 11) is 0. The smallest absolute Gasteiger partial charge is 0.0465 e. The second-order valence-electron chi connectivity index (χ2n) is 18.1. The minimum Gasteiger partial charge on any atom is -0.310 e. The van der Waals surface area contributed by atoms with E-state index in [1.54, 1.807) is 0 Å². The van der Waals surface area contributed by atoms with Crippen molar-refractivity contribution in [3.8, 4) is 66.8 Å². The van der Waals surface area contributed by atoms with Gasteiger partial charge in [0.25, 0.3) is 0 Å². The molecule has 0 fully saturated rings. The molecule has 0 saturated carbocycles. The molecule has 0 bridgehead atoms. The Morgan fingerprint density at radius 3 is 1.41 bits per heavy atom. The summed E-state index contributed by atoms with van der Waals surface area (Å²) in [5, 5.41) is 5.08. The van der Waals surface area contributed by atoms with Gasteiger partial charge in [0, 0.05) is 22.5 Å². The van der Waals surface area contributed by atoms with Gasteiger partial charge in [0.05, 0.1) is 0 Å². The van der Waals surface area contributed by atoms with E-state index in [1.807, 2.05) is 0 Å². The van der Waals surface area contributed by atoms with Gasteiger partial charge in [-0.25, -0.2) is 0 Å². The number of anilines is 3. The van der Waals surface area contributed by atoms with Crippen LogP contribution >= 0.6 is 0 Å². The van der Waals surface area contributed by atoms with Gasteiger partial charge in [-0.1, -0.05) is 214 Å². The lowest BCUT2D eigenvalue weighted by atomic mass is 9.81. The number of benzene rings is 11. The normalized spacial score (nSPS) is 12.5. The summed E-state index contributed by atoms with van der Waals surface area (Å²) in [6.45, 7) is 4.76. The molecule has 0 spiro atoms. The molecule has 11 aromatic rings. The highest BCUT2D eigenvalue weighted by Crippen LogP contribution is 2.52. The molecule has 0 amide bonds. The number of hydrogen-bond acceptors (Lipinski definition) is 1. The summed E-state index contributed by atoms with van der Waals surface area (Å²) < 4.78 is 0. The van der Waals surface area contributed by atoms with Crippen molar-refractivity contribution >= 4 is 38.6 Å². The van der Waals surface area contributed by atoms with E-state index in [2.05, 4.69) is 267 Å². The van der Waals surface area contributed by atoms with Crippen LogP contribution < -0.4 is 4.90 Å². The summed E-state index contributed by atoms with van der Waals surface area (Å²) in [5.41, 5.74) is 20.6. The fourth-order valence-corrected chi connectivity index (χ4v) is 10.5. The van der Waals surface area contributed by atoms with Gasteiger partial charge in [-0.3, -0.25) is 0 Å². The number of nitrogens with zero attached hydrogens (tertiary/aromatic N) is 1. The summed E-state index contributed by atoms with van der Waals surface area (Å²) in [6, 6.07) is 91.3. The van der Waals surface area contributed by atoms with Crippen LogP contribution in [0.25, 0.3) is 88.3 Å². The Balaban J connectivity index is 0.956. The minimum absolute atomic E-state index is 0.189. The van der Waals surface area contributed by atoms with E-state index in [1.165, 1.54) is 99.4 Å². The summed E-state index contributed by atoms with van der Waals surface area (Å²) in [5.74, 6) is 0. The third-order valence-electron chi connectivity index (χ3n) is 13.9. The van der Waals surface area contributed by atoms with Crippen LogP contribution in [0.5, 0.6) is 0 Å². The lowest BCUT2D eigenvalue weighted by molar-refractivity contribution is 0.660. The van der Waals surface area contributed by atoms with Crippen molar-refractivity contribution in [2.24, 2.45) is 0 Å². The molecule has 0 atom stereocenters. The molecule has 0 saturated heterocycles. The van der Waals surface area contributed by atoms with Crippen molar-refractivity contribution in [2.75, 3.05) is 4.90 Å². The van der Waals surface area contributed by atoms with Crippen LogP contribution in [-0.4, -0.2) is 0 Å². The molecule has 1 aliphatic rings. The van der Waals surface area contributed by atoms with E-state index >= 15 is 0 Å². The molecule has 0 radical (unpaired) electrons. The zero-order valence-electron chi connectivity index (χ0n) is 37.1. The van der Waals surface area contributed by atoms with Gasteiger partial charge in [-0.15, -0.1) is 0 Å². The Morgan fingerprint density at radius 1 is 0.258 bits per heavy atom. The van der Waals surface area contributed by atoms with Gasteiger partial charge < -0.3 is 4.90 Å². The zero-order chi connectivity index (χ0) is 44.2. The van der Waals surface area contributed by atoms with Crippen molar-refractivity contribution in [1.29, 1.82) is 0 Å².